The molecule has 140 valence electrons. The largest absolute Gasteiger partial charge is 0.330 e. The van der Waals surface area contributed by atoms with E-state index in [-0.39, 0.29) is 6.54 Å². The van der Waals surface area contributed by atoms with Gasteiger partial charge in [-0.05, 0) is 19.8 Å². The fraction of sp³-hybridized carbons (Fsp3) is 0.600. The van der Waals surface area contributed by atoms with E-state index in [1.165, 1.54) is 18.4 Å². The van der Waals surface area contributed by atoms with Crippen molar-refractivity contribution < 1.29 is 8.42 Å². The Hall–Kier alpha value is -2.27. The molecule has 0 aromatic carbocycles. The fourth-order valence-corrected chi connectivity index (χ4v) is 5.02. The van der Waals surface area contributed by atoms with E-state index in [9.17, 15) is 18.0 Å². The molecule has 1 fully saturated rings. The van der Waals surface area contributed by atoms with Gasteiger partial charge in [-0.25, -0.2) is 22.9 Å². The highest BCUT2D eigenvalue weighted by atomic mass is 32.2. The monoisotopic (exact) mass is 380 g/mol. The molecule has 2 aromatic heterocycles. The normalized spacial score (nSPS) is 21.0. The number of aryl methyl sites for hydroxylation is 1. The zero-order valence-corrected chi connectivity index (χ0v) is 15.6. The van der Waals surface area contributed by atoms with Crippen LogP contribution in [0.4, 0.5) is 0 Å². The SMILES string of the molecule is C[C@@H]1c2nc(C3CC3)nn2CCN1S(=O)(=O)c1cn(C)c(=O)n(C)c1=O. The lowest BCUT2D eigenvalue weighted by Crippen LogP contribution is -2.46. The third-order valence-corrected chi connectivity index (χ3v) is 6.95. The average molecular weight is 380 g/mol. The lowest BCUT2D eigenvalue weighted by molar-refractivity contribution is 0.264. The van der Waals surface area contributed by atoms with Crippen LogP contribution >= 0.6 is 0 Å². The van der Waals surface area contributed by atoms with Gasteiger partial charge in [0.15, 0.2) is 10.7 Å². The summed E-state index contributed by atoms with van der Waals surface area (Å²) in [6, 6.07) is -0.546. The van der Waals surface area contributed by atoms with Crippen LogP contribution in [0.2, 0.25) is 0 Å². The zero-order chi connectivity index (χ0) is 18.8. The molecule has 0 spiro atoms. The Kier molecular flexibility index (Phi) is 3.70. The van der Waals surface area contributed by atoms with Crippen molar-refractivity contribution in [3.05, 3.63) is 38.7 Å². The lowest BCUT2D eigenvalue weighted by Gasteiger charge is -2.31. The molecule has 1 aliphatic carbocycles. The molecule has 11 heteroatoms. The Morgan fingerprint density at radius 2 is 1.85 bits per heavy atom. The summed E-state index contributed by atoms with van der Waals surface area (Å²) in [5, 5.41) is 4.48. The number of fused-ring (bicyclic) bond motifs is 1. The molecule has 1 atom stereocenters. The molecule has 0 radical (unpaired) electrons. The Bertz CT molecular complexity index is 1110. The Labute approximate surface area is 149 Å². The van der Waals surface area contributed by atoms with Crippen molar-refractivity contribution in [1.29, 1.82) is 0 Å². The molecule has 0 amide bonds. The van der Waals surface area contributed by atoms with Crippen LogP contribution in [0.5, 0.6) is 0 Å². The van der Waals surface area contributed by atoms with E-state index in [1.807, 2.05) is 0 Å². The van der Waals surface area contributed by atoms with Crippen LogP contribution in [-0.2, 0) is 30.7 Å². The second kappa shape index (κ2) is 5.61. The molecule has 10 nitrogen and oxygen atoms in total. The van der Waals surface area contributed by atoms with Crippen molar-refractivity contribution in [1.82, 2.24) is 28.2 Å². The Morgan fingerprint density at radius 3 is 2.50 bits per heavy atom. The van der Waals surface area contributed by atoms with Gasteiger partial charge in [0.05, 0.1) is 12.6 Å². The number of sulfonamides is 1. The minimum Gasteiger partial charge on any atom is -0.302 e. The molecule has 0 unspecified atom stereocenters. The number of hydrogen-bond acceptors (Lipinski definition) is 6. The Balaban J connectivity index is 1.77. The summed E-state index contributed by atoms with van der Waals surface area (Å²) in [6.45, 7) is 2.31. The van der Waals surface area contributed by atoms with E-state index < -0.39 is 32.2 Å². The predicted molar refractivity (Wildman–Crippen MR) is 91.2 cm³/mol. The van der Waals surface area contributed by atoms with E-state index in [0.29, 0.717) is 18.3 Å². The van der Waals surface area contributed by atoms with Crippen molar-refractivity contribution in [2.45, 2.75) is 43.2 Å². The molecule has 0 N–H and O–H groups in total. The van der Waals surface area contributed by atoms with Crippen molar-refractivity contribution in [2.24, 2.45) is 14.1 Å². The zero-order valence-electron chi connectivity index (χ0n) is 14.8. The number of rotatable bonds is 3. The molecule has 3 heterocycles. The molecule has 0 saturated heterocycles. The summed E-state index contributed by atoms with van der Waals surface area (Å²) >= 11 is 0. The molecule has 4 rings (SSSR count). The van der Waals surface area contributed by atoms with Gasteiger partial charge in [-0.15, -0.1) is 0 Å². The van der Waals surface area contributed by atoms with Gasteiger partial charge < -0.3 is 4.57 Å². The van der Waals surface area contributed by atoms with Gasteiger partial charge in [-0.1, -0.05) is 0 Å². The van der Waals surface area contributed by atoms with Gasteiger partial charge in [0.25, 0.3) is 15.6 Å². The van der Waals surface area contributed by atoms with Crippen LogP contribution in [0.1, 0.15) is 43.4 Å². The van der Waals surface area contributed by atoms with Crippen molar-refractivity contribution in [3.8, 4) is 0 Å². The Morgan fingerprint density at radius 1 is 1.15 bits per heavy atom. The quantitative estimate of drug-likeness (QED) is 0.697. The summed E-state index contributed by atoms with van der Waals surface area (Å²) in [4.78, 5) is 28.4. The highest BCUT2D eigenvalue weighted by molar-refractivity contribution is 7.89. The first-order valence-corrected chi connectivity index (χ1v) is 9.89. The highest BCUT2D eigenvalue weighted by Crippen LogP contribution is 2.39. The summed E-state index contributed by atoms with van der Waals surface area (Å²) in [5.41, 5.74) is -1.40. The molecule has 1 saturated carbocycles. The first kappa shape index (κ1) is 17.2. The van der Waals surface area contributed by atoms with Gasteiger partial charge >= 0.3 is 5.69 Å². The lowest BCUT2D eigenvalue weighted by atomic mass is 10.2. The van der Waals surface area contributed by atoms with Crippen LogP contribution < -0.4 is 11.2 Å². The van der Waals surface area contributed by atoms with Gasteiger partial charge in [0, 0.05) is 32.8 Å². The van der Waals surface area contributed by atoms with Gasteiger partial charge in [0.1, 0.15) is 5.82 Å². The molecule has 2 aromatic rings. The van der Waals surface area contributed by atoms with Crippen LogP contribution in [0.15, 0.2) is 20.7 Å². The minimum absolute atomic E-state index is 0.190. The fourth-order valence-electron chi connectivity index (χ4n) is 3.28. The van der Waals surface area contributed by atoms with Crippen molar-refractivity contribution >= 4 is 10.0 Å². The molecule has 26 heavy (non-hydrogen) atoms. The summed E-state index contributed by atoms with van der Waals surface area (Å²) < 4.78 is 31.2. The number of nitrogens with zero attached hydrogens (tertiary/aromatic N) is 6. The second-order valence-corrected chi connectivity index (χ2v) is 8.73. The van der Waals surface area contributed by atoms with Crippen LogP contribution in [-0.4, -0.2) is 43.2 Å². The van der Waals surface area contributed by atoms with Gasteiger partial charge in [-0.2, -0.15) is 9.40 Å². The summed E-state index contributed by atoms with van der Waals surface area (Å²) in [5.74, 6) is 1.73. The van der Waals surface area contributed by atoms with Crippen LogP contribution in [0, 0.1) is 0 Å². The molecule has 0 bridgehead atoms. The third kappa shape index (κ3) is 2.45. The average Bonchev–Trinajstić information content (AvgIpc) is 3.35. The summed E-state index contributed by atoms with van der Waals surface area (Å²) in [7, 11) is -1.40. The van der Waals surface area contributed by atoms with E-state index in [0.717, 1.165) is 34.0 Å². The maximum atomic E-state index is 13.1. The van der Waals surface area contributed by atoms with Crippen LogP contribution in [0.3, 0.4) is 0 Å². The van der Waals surface area contributed by atoms with Crippen LogP contribution in [0.25, 0.3) is 0 Å². The molecule has 2 aliphatic rings. The van der Waals surface area contributed by atoms with Crippen molar-refractivity contribution in [2.75, 3.05) is 6.54 Å². The van der Waals surface area contributed by atoms with E-state index in [4.69, 9.17) is 0 Å². The molecular weight excluding hydrogens is 360 g/mol. The third-order valence-electron chi connectivity index (χ3n) is 5.00. The number of aromatic nitrogens is 5. The number of hydrogen-bond donors (Lipinski definition) is 0. The topological polar surface area (TPSA) is 112 Å². The molecular formula is C15H20N6O4S. The van der Waals surface area contributed by atoms with E-state index >= 15 is 0 Å². The summed E-state index contributed by atoms with van der Waals surface area (Å²) in [6.07, 6.45) is 3.21. The predicted octanol–water partition coefficient (Wildman–Crippen LogP) is -0.682. The van der Waals surface area contributed by atoms with E-state index in [1.54, 1.807) is 11.6 Å². The maximum Gasteiger partial charge on any atom is 0.330 e. The van der Waals surface area contributed by atoms with E-state index in [2.05, 4.69) is 10.1 Å². The highest BCUT2D eigenvalue weighted by Gasteiger charge is 2.39. The maximum absolute atomic E-state index is 13.1. The van der Waals surface area contributed by atoms with Gasteiger partial charge in [0.2, 0.25) is 0 Å². The smallest absolute Gasteiger partial charge is 0.302 e. The molecule has 1 aliphatic heterocycles. The van der Waals surface area contributed by atoms with Crippen molar-refractivity contribution in [3.63, 3.8) is 0 Å². The standard InChI is InChI=1S/C15H20N6O4S/c1-9-13-16-12(10-4-5-10)17-20(13)6-7-21(9)26(24,25)11-8-18(2)15(23)19(3)14(11)22/h8-10H,4-7H2,1-3H3/t9-/m1/s1. The second-order valence-electron chi connectivity index (χ2n) is 6.87. The van der Waals surface area contributed by atoms with Gasteiger partial charge in [-0.3, -0.25) is 9.36 Å². The first-order valence-electron chi connectivity index (χ1n) is 8.45. The minimum atomic E-state index is -4.08. The first-order chi connectivity index (χ1) is 12.2.